The highest BCUT2D eigenvalue weighted by molar-refractivity contribution is 9.10. The quantitative estimate of drug-likeness (QED) is 0.497. The Morgan fingerprint density at radius 2 is 2.14 bits per heavy atom. The molecule has 0 aliphatic rings. The molecule has 2 heterocycles. The van der Waals surface area contributed by atoms with Crippen molar-refractivity contribution in [2.75, 3.05) is 7.11 Å². The molecule has 0 fully saturated rings. The molecule has 2 aromatic heterocycles. The van der Waals surface area contributed by atoms with Crippen molar-refractivity contribution in [3.05, 3.63) is 44.2 Å². The van der Waals surface area contributed by atoms with E-state index in [1.165, 1.54) is 23.5 Å². The van der Waals surface area contributed by atoms with Gasteiger partial charge in [-0.2, -0.15) is 0 Å². The third kappa shape index (κ3) is 2.60. The Morgan fingerprint density at radius 1 is 1.36 bits per heavy atom. The SMILES string of the molecule is COc1c(Br)csc1-c1nnc(-c2cccc([N+](=O)[O-])c2)o1. The molecule has 0 aliphatic carbocycles. The van der Waals surface area contributed by atoms with E-state index in [1.807, 2.05) is 5.38 Å². The van der Waals surface area contributed by atoms with Gasteiger partial charge in [0.1, 0.15) is 4.88 Å². The van der Waals surface area contributed by atoms with Crippen LogP contribution < -0.4 is 4.74 Å². The summed E-state index contributed by atoms with van der Waals surface area (Å²) in [4.78, 5) is 11.0. The van der Waals surface area contributed by atoms with Crippen molar-refractivity contribution in [1.29, 1.82) is 0 Å². The fourth-order valence-electron chi connectivity index (χ4n) is 1.85. The molecule has 0 amide bonds. The second kappa shape index (κ2) is 5.85. The molecular weight excluding hydrogens is 374 g/mol. The van der Waals surface area contributed by atoms with Crippen LogP contribution in [0.5, 0.6) is 5.75 Å². The second-order valence-corrected chi connectivity index (χ2v) is 5.90. The molecule has 0 spiro atoms. The number of ether oxygens (including phenoxy) is 1. The molecule has 0 bridgehead atoms. The maximum absolute atomic E-state index is 10.8. The van der Waals surface area contributed by atoms with Crippen molar-refractivity contribution in [3.8, 4) is 28.0 Å². The summed E-state index contributed by atoms with van der Waals surface area (Å²) in [6.45, 7) is 0. The van der Waals surface area contributed by atoms with Gasteiger partial charge < -0.3 is 9.15 Å². The van der Waals surface area contributed by atoms with Crippen LogP contribution in [0, 0.1) is 10.1 Å². The highest BCUT2D eigenvalue weighted by atomic mass is 79.9. The minimum Gasteiger partial charge on any atom is -0.494 e. The van der Waals surface area contributed by atoms with Gasteiger partial charge in [-0.1, -0.05) is 6.07 Å². The lowest BCUT2D eigenvalue weighted by molar-refractivity contribution is -0.384. The van der Waals surface area contributed by atoms with E-state index in [4.69, 9.17) is 9.15 Å². The molecule has 3 aromatic rings. The Labute approximate surface area is 136 Å². The molecule has 1 aromatic carbocycles. The molecule has 7 nitrogen and oxygen atoms in total. The summed E-state index contributed by atoms with van der Waals surface area (Å²) in [5, 5.41) is 20.6. The van der Waals surface area contributed by atoms with Crippen LogP contribution in [-0.2, 0) is 0 Å². The summed E-state index contributed by atoms with van der Waals surface area (Å²) in [5.74, 6) is 1.12. The Morgan fingerprint density at radius 3 is 2.86 bits per heavy atom. The van der Waals surface area contributed by atoms with Crippen LogP contribution in [0.2, 0.25) is 0 Å². The molecular formula is C13H8BrN3O4S. The van der Waals surface area contributed by atoms with Crippen LogP contribution in [0.3, 0.4) is 0 Å². The highest BCUT2D eigenvalue weighted by Gasteiger charge is 2.19. The van der Waals surface area contributed by atoms with E-state index < -0.39 is 4.92 Å². The first-order valence-corrected chi connectivity index (χ1v) is 7.67. The van der Waals surface area contributed by atoms with Crippen LogP contribution in [-0.4, -0.2) is 22.2 Å². The lowest BCUT2D eigenvalue weighted by atomic mass is 10.2. The summed E-state index contributed by atoms with van der Waals surface area (Å²) in [5.41, 5.74) is 0.455. The molecule has 0 atom stereocenters. The largest absolute Gasteiger partial charge is 0.494 e. The number of methoxy groups -OCH3 is 1. The summed E-state index contributed by atoms with van der Waals surface area (Å²) < 4.78 is 11.7. The zero-order valence-corrected chi connectivity index (χ0v) is 13.6. The van der Waals surface area contributed by atoms with Gasteiger partial charge in [0, 0.05) is 23.1 Å². The second-order valence-electron chi connectivity index (χ2n) is 4.17. The monoisotopic (exact) mass is 381 g/mol. The molecule has 9 heteroatoms. The molecule has 112 valence electrons. The number of nitro groups is 1. The summed E-state index contributed by atoms with van der Waals surface area (Å²) in [6.07, 6.45) is 0. The van der Waals surface area contributed by atoms with Crippen LogP contribution in [0.1, 0.15) is 0 Å². The number of hydrogen-bond donors (Lipinski definition) is 0. The van der Waals surface area contributed by atoms with Crippen molar-refractivity contribution in [3.63, 3.8) is 0 Å². The maximum Gasteiger partial charge on any atom is 0.270 e. The number of thiophene rings is 1. The number of hydrogen-bond acceptors (Lipinski definition) is 7. The molecule has 0 saturated carbocycles. The van der Waals surface area contributed by atoms with Gasteiger partial charge in [0.25, 0.3) is 11.6 Å². The zero-order chi connectivity index (χ0) is 15.7. The Kier molecular flexibility index (Phi) is 3.90. The van der Waals surface area contributed by atoms with Gasteiger partial charge in [0.2, 0.25) is 5.89 Å². The minimum absolute atomic E-state index is 0.0336. The van der Waals surface area contributed by atoms with Crippen molar-refractivity contribution in [2.24, 2.45) is 0 Å². The molecule has 3 rings (SSSR count). The Balaban J connectivity index is 2.00. The zero-order valence-electron chi connectivity index (χ0n) is 11.1. The highest BCUT2D eigenvalue weighted by Crippen LogP contribution is 2.42. The number of benzene rings is 1. The van der Waals surface area contributed by atoms with Gasteiger partial charge in [-0.3, -0.25) is 10.1 Å². The van der Waals surface area contributed by atoms with Crippen LogP contribution in [0.25, 0.3) is 22.2 Å². The van der Waals surface area contributed by atoms with Gasteiger partial charge in [-0.15, -0.1) is 21.5 Å². The number of non-ortho nitro benzene ring substituents is 1. The number of nitro benzene ring substituents is 1. The molecule has 0 unspecified atom stereocenters. The van der Waals surface area contributed by atoms with E-state index in [-0.39, 0.29) is 11.6 Å². The fourth-order valence-corrected chi connectivity index (χ4v) is 3.43. The summed E-state index contributed by atoms with van der Waals surface area (Å²) in [7, 11) is 1.55. The molecule has 0 aliphatic heterocycles. The first-order valence-electron chi connectivity index (χ1n) is 6.00. The van der Waals surface area contributed by atoms with Crippen LogP contribution >= 0.6 is 27.3 Å². The topological polar surface area (TPSA) is 91.3 Å². The van der Waals surface area contributed by atoms with Gasteiger partial charge in [0.05, 0.1) is 16.5 Å². The number of nitrogens with zero attached hydrogens (tertiary/aromatic N) is 3. The van der Waals surface area contributed by atoms with Gasteiger partial charge in [-0.05, 0) is 22.0 Å². The number of halogens is 1. The summed E-state index contributed by atoms with van der Waals surface area (Å²) >= 11 is 4.77. The molecule has 0 N–H and O–H groups in total. The average Bonchev–Trinajstić information content (AvgIpc) is 3.13. The van der Waals surface area contributed by atoms with Gasteiger partial charge in [0.15, 0.2) is 5.75 Å². The van der Waals surface area contributed by atoms with Crippen LogP contribution in [0.15, 0.2) is 38.5 Å². The van der Waals surface area contributed by atoms with E-state index >= 15 is 0 Å². The van der Waals surface area contributed by atoms with Crippen LogP contribution in [0.4, 0.5) is 5.69 Å². The van der Waals surface area contributed by atoms with Crippen molar-refractivity contribution >= 4 is 33.0 Å². The minimum atomic E-state index is -0.472. The normalized spacial score (nSPS) is 10.6. The van der Waals surface area contributed by atoms with Crippen molar-refractivity contribution < 1.29 is 14.1 Å². The first-order chi connectivity index (χ1) is 10.6. The third-order valence-corrected chi connectivity index (χ3v) is 4.67. The van der Waals surface area contributed by atoms with E-state index in [1.54, 1.807) is 19.2 Å². The van der Waals surface area contributed by atoms with E-state index in [2.05, 4.69) is 26.1 Å². The van der Waals surface area contributed by atoms with Gasteiger partial charge in [-0.25, -0.2) is 0 Å². The average molecular weight is 382 g/mol. The Hall–Kier alpha value is -2.26. The van der Waals surface area contributed by atoms with Crippen molar-refractivity contribution in [2.45, 2.75) is 0 Å². The van der Waals surface area contributed by atoms with Gasteiger partial charge >= 0.3 is 0 Å². The predicted molar refractivity (Wildman–Crippen MR) is 84.0 cm³/mol. The lowest BCUT2D eigenvalue weighted by Gasteiger charge is -1.98. The molecule has 22 heavy (non-hydrogen) atoms. The van der Waals surface area contributed by atoms with E-state index in [9.17, 15) is 10.1 Å². The molecule has 0 radical (unpaired) electrons. The lowest BCUT2D eigenvalue weighted by Crippen LogP contribution is -1.88. The first kappa shape index (κ1) is 14.7. The maximum atomic E-state index is 10.8. The summed E-state index contributed by atoms with van der Waals surface area (Å²) in [6, 6.07) is 6.03. The van der Waals surface area contributed by atoms with E-state index in [0.717, 1.165) is 4.47 Å². The molecule has 0 saturated heterocycles. The van der Waals surface area contributed by atoms with E-state index in [0.29, 0.717) is 22.1 Å². The van der Waals surface area contributed by atoms with Crippen molar-refractivity contribution in [1.82, 2.24) is 10.2 Å². The predicted octanol–water partition coefficient (Wildman–Crippen LogP) is 4.14. The number of rotatable bonds is 4. The smallest absolute Gasteiger partial charge is 0.270 e. The number of aromatic nitrogens is 2. The third-order valence-electron chi connectivity index (χ3n) is 2.83. The Bertz CT molecular complexity index is 845. The standard InChI is InChI=1S/C13H8BrN3O4S/c1-20-10-9(14)6-22-11(10)13-16-15-12(21-13)7-3-2-4-8(5-7)17(18)19/h2-6H,1H3. The fraction of sp³-hybridized carbons (Fsp3) is 0.0769.